The first kappa shape index (κ1) is 12.8. The summed E-state index contributed by atoms with van der Waals surface area (Å²) in [4.78, 5) is 25.2. The van der Waals surface area contributed by atoms with Gasteiger partial charge >= 0.3 is 5.69 Å². The molecule has 0 amide bonds. The summed E-state index contributed by atoms with van der Waals surface area (Å²) in [6.07, 6.45) is -2.30. The maximum atomic E-state index is 11.7. The molecule has 0 aliphatic carbocycles. The minimum absolute atomic E-state index is 0.000426. The van der Waals surface area contributed by atoms with E-state index in [2.05, 4.69) is 4.98 Å². The largest absolute Gasteiger partial charge is 0.394 e. The van der Waals surface area contributed by atoms with Crippen LogP contribution in [0, 0.1) is 6.92 Å². The Kier molecular flexibility index (Phi) is 3.24. The Balaban J connectivity index is 2.45. The number of hydrogen-bond donors (Lipinski definition) is 4. The van der Waals surface area contributed by atoms with Gasteiger partial charge in [-0.05, 0) is 6.92 Å². The molecule has 100 valence electrons. The lowest BCUT2D eigenvalue weighted by atomic mass is 10.2. The van der Waals surface area contributed by atoms with E-state index in [9.17, 15) is 14.7 Å². The molecule has 2 rings (SSSR count). The van der Waals surface area contributed by atoms with Crippen molar-refractivity contribution in [3.8, 4) is 0 Å². The number of aliphatic hydroxyl groups excluding tert-OH is 2. The summed E-state index contributed by atoms with van der Waals surface area (Å²) >= 11 is 0. The second kappa shape index (κ2) is 4.56. The van der Waals surface area contributed by atoms with Crippen LogP contribution in [0.1, 0.15) is 18.2 Å². The van der Waals surface area contributed by atoms with Crippen LogP contribution in [0.15, 0.2) is 9.59 Å². The zero-order valence-corrected chi connectivity index (χ0v) is 9.79. The van der Waals surface area contributed by atoms with Crippen molar-refractivity contribution in [2.75, 3.05) is 12.3 Å². The maximum Gasteiger partial charge on any atom is 0.332 e. The molecule has 8 nitrogen and oxygen atoms in total. The van der Waals surface area contributed by atoms with Crippen molar-refractivity contribution in [2.45, 2.75) is 31.8 Å². The molecule has 0 aromatic carbocycles. The molecule has 1 aromatic heterocycles. The number of aliphatic hydroxyl groups is 2. The highest BCUT2D eigenvalue weighted by atomic mass is 16.5. The monoisotopic (exact) mass is 257 g/mol. The van der Waals surface area contributed by atoms with Crippen LogP contribution in [0.25, 0.3) is 0 Å². The number of rotatable bonds is 2. The summed E-state index contributed by atoms with van der Waals surface area (Å²) in [5, 5.41) is 18.6. The lowest BCUT2D eigenvalue weighted by molar-refractivity contribution is -0.0451. The van der Waals surface area contributed by atoms with Crippen LogP contribution in [0.4, 0.5) is 5.82 Å². The molecule has 0 bridgehead atoms. The second-order valence-electron chi connectivity index (χ2n) is 4.25. The molecule has 18 heavy (non-hydrogen) atoms. The highest BCUT2D eigenvalue weighted by Crippen LogP contribution is 2.28. The van der Waals surface area contributed by atoms with Crippen molar-refractivity contribution in [2.24, 2.45) is 0 Å². The van der Waals surface area contributed by atoms with Gasteiger partial charge in [0.2, 0.25) is 0 Å². The van der Waals surface area contributed by atoms with E-state index >= 15 is 0 Å². The van der Waals surface area contributed by atoms with Gasteiger partial charge in [0.25, 0.3) is 5.56 Å². The molecule has 0 saturated carbocycles. The van der Waals surface area contributed by atoms with Gasteiger partial charge in [0.05, 0.1) is 18.3 Å². The van der Waals surface area contributed by atoms with E-state index in [4.69, 9.17) is 15.6 Å². The highest BCUT2D eigenvalue weighted by Gasteiger charge is 2.36. The van der Waals surface area contributed by atoms with Crippen LogP contribution in [0.5, 0.6) is 0 Å². The van der Waals surface area contributed by atoms with E-state index in [1.165, 1.54) is 6.92 Å². The van der Waals surface area contributed by atoms with Gasteiger partial charge in [-0.15, -0.1) is 0 Å². The summed E-state index contributed by atoms with van der Waals surface area (Å²) in [5.74, 6) is -0.000426. The number of H-pyrrole nitrogens is 1. The van der Waals surface area contributed by atoms with Crippen LogP contribution < -0.4 is 17.0 Å². The van der Waals surface area contributed by atoms with Crippen LogP contribution in [-0.4, -0.2) is 38.6 Å². The molecule has 8 heteroatoms. The van der Waals surface area contributed by atoms with Crippen molar-refractivity contribution >= 4 is 5.82 Å². The minimum Gasteiger partial charge on any atom is -0.394 e. The maximum absolute atomic E-state index is 11.7. The normalized spacial score (nSPS) is 27.6. The third-order valence-electron chi connectivity index (χ3n) is 3.10. The number of ether oxygens (including phenoxy) is 1. The molecule has 0 radical (unpaired) electrons. The Labute approximate surface area is 102 Å². The number of aromatic amines is 1. The molecule has 1 fully saturated rings. The van der Waals surface area contributed by atoms with Gasteiger partial charge in [0.15, 0.2) is 0 Å². The molecule has 3 atom stereocenters. The molecule has 5 N–H and O–H groups in total. The zero-order chi connectivity index (χ0) is 13.4. The van der Waals surface area contributed by atoms with Gasteiger partial charge in [0, 0.05) is 6.42 Å². The number of nitrogens with two attached hydrogens (primary N) is 1. The molecule has 1 saturated heterocycles. The average molecular weight is 257 g/mol. The first-order valence-electron chi connectivity index (χ1n) is 5.51. The topological polar surface area (TPSA) is 131 Å². The first-order chi connectivity index (χ1) is 8.45. The fourth-order valence-electron chi connectivity index (χ4n) is 1.98. The predicted molar refractivity (Wildman–Crippen MR) is 62.1 cm³/mol. The van der Waals surface area contributed by atoms with Gasteiger partial charge in [-0.2, -0.15) is 0 Å². The molecular weight excluding hydrogens is 242 g/mol. The third kappa shape index (κ3) is 1.94. The Hall–Kier alpha value is -1.64. The first-order valence-corrected chi connectivity index (χ1v) is 5.51. The van der Waals surface area contributed by atoms with Gasteiger partial charge in [0.1, 0.15) is 18.1 Å². The predicted octanol–water partition coefficient (Wildman–Crippen LogP) is -1.93. The number of nitrogen functional groups attached to an aromatic ring is 1. The van der Waals surface area contributed by atoms with E-state index in [1.54, 1.807) is 0 Å². The second-order valence-corrected chi connectivity index (χ2v) is 4.25. The van der Waals surface area contributed by atoms with Crippen LogP contribution in [0.3, 0.4) is 0 Å². The van der Waals surface area contributed by atoms with Crippen molar-refractivity contribution in [3.63, 3.8) is 0 Å². The van der Waals surface area contributed by atoms with Gasteiger partial charge < -0.3 is 20.7 Å². The smallest absolute Gasteiger partial charge is 0.332 e. The van der Waals surface area contributed by atoms with E-state index in [0.717, 1.165) is 4.57 Å². The van der Waals surface area contributed by atoms with Gasteiger partial charge in [-0.25, -0.2) is 4.79 Å². The molecular formula is C10H15N3O5. The number of hydrogen-bond acceptors (Lipinski definition) is 6. The minimum atomic E-state index is -0.876. The van der Waals surface area contributed by atoms with Crippen molar-refractivity contribution < 1.29 is 14.9 Å². The van der Waals surface area contributed by atoms with Crippen LogP contribution in [-0.2, 0) is 4.74 Å². The summed E-state index contributed by atoms with van der Waals surface area (Å²) in [5.41, 5.74) is 4.68. The highest BCUT2D eigenvalue weighted by molar-refractivity contribution is 5.37. The van der Waals surface area contributed by atoms with Crippen LogP contribution in [0.2, 0.25) is 0 Å². The number of nitrogens with one attached hydrogen (secondary N) is 1. The van der Waals surface area contributed by atoms with Crippen molar-refractivity contribution in [1.29, 1.82) is 0 Å². The SMILES string of the molecule is Cc1c(N)n([C@@H]2C[C@@H](O)[C@H](CO)O2)c(=O)[nH]c1=O. The lowest BCUT2D eigenvalue weighted by Gasteiger charge is -2.17. The Morgan fingerprint density at radius 3 is 2.78 bits per heavy atom. The lowest BCUT2D eigenvalue weighted by Crippen LogP contribution is -2.36. The molecule has 1 aliphatic rings. The van der Waals surface area contributed by atoms with E-state index in [-0.39, 0.29) is 24.4 Å². The number of anilines is 1. The molecule has 2 heterocycles. The molecule has 1 aromatic rings. The Bertz CT molecular complexity index is 564. The summed E-state index contributed by atoms with van der Waals surface area (Å²) in [6.45, 7) is 1.13. The van der Waals surface area contributed by atoms with E-state index in [1.807, 2.05) is 0 Å². The average Bonchev–Trinajstić information content (AvgIpc) is 2.67. The molecule has 0 unspecified atom stereocenters. The Morgan fingerprint density at radius 1 is 1.56 bits per heavy atom. The molecule has 0 spiro atoms. The summed E-state index contributed by atoms with van der Waals surface area (Å²) in [7, 11) is 0. The fourth-order valence-corrected chi connectivity index (χ4v) is 1.98. The standard InChI is InChI=1S/C10H15N3O5/c1-4-8(11)13(10(17)12-9(4)16)7-2-5(15)6(3-14)18-7/h5-7,14-15H,2-3,11H2,1H3,(H,12,16,17)/t5-,6+,7+/m1/s1. The van der Waals surface area contributed by atoms with E-state index in [0.29, 0.717) is 0 Å². The number of aromatic nitrogens is 2. The Morgan fingerprint density at radius 2 is 2.22 bits per heavy atom. The summed E-state index contributed by atoms with van der Waals surface area (Å²) < 4.78 is 6.41. The fraction of sp³-hybridized carbons (Fsp3) is 0.600. The molecule has 1 aliphatic heterocycles. The third-order valence-corrected chi connectivity index (χ3v) is 3.10. The van der Waals surface area contributed by atoms with E-state index < -0.39 is 29.7 Å². The van der Waals surface area contributed by atoms with Gasteiger partial charge in [-0.1, -0.05) is 0 Å². The summed E-state index contributed by atoms with van der Waals surface area (Å²) in [6, 6.07) is 0. The zero-order valence-electron chi connectivity index (χ0n) is 9.79. The number of nitrogens with zero attached hydrogens (tertiary/aromatic N) is 1. The van der Waals surface area contributed by atoms with Gasteiger partial charge in [-0.3, -0.25) is 14.3 Å². The quantitative estimate of drug-likeness (QED) is 0.488. The van der Waals surface area contributed by atoms with Crippen molar-refractivity contribution in [1.82, 2.24) is 9.55 Å². The van der Waals surface area contributed by atoms with Crippen LogP contribution >= 0.6 is 0 Å². The van der Waals surface area contributed by atoms with Crippen molar-refractivity contribution in [3.05, 3.63) is 26.4 Å².